The van der Waals surface area contributed by atoms with Crippen LogP contribution in [0, 0.1) is 11.6 Å². The fourth-order valence-electron chi connectivity index (χ4n) is 3.03. The maximum Gasteiger partial charge on any atom is 0.264 e. The third kappa shape index (κ3) is 5.78. The second-order valence-corrected chi connectivity index (χ2v) is 8.77. The molecule has 174 valence electrons. The zero-order valence-electron chi connectivity index (χ0n) is 17.9. The van der Waals surface area contributed by atoms with Crippen molar-refractivity contribution in [1.82, 2.24) is 5.32 Å². The van der Waals surface area contributed by atoms with Gasteiger partial charge in [-0.05, 0) is 66.2 Å². The molecule has 0 radical (unpaired) electrons. The van der Waals surface area contributed by atoms with Crippen LogP contribution in [0.5, 0.6) is 11.5 Å². The molecule has 0 saturated heterocycles. The van der Waals surface area contributed by atoms with E-state index in [-0.39, 0.29) is 17.1 Å². The third-order valence-electron chi connectivity index (χ3n) is 4.74. The molecule has 3 aromatic carbocycles. The third-order valence-corrected chi connectivity index (χ3v) is 6.53. The topological polar surface area (TPSA) is 84.9 Å². The van der Waals surface area contributed by atoms with E-state index >= 15 is 0 Å². The summed E-state index contributed by atoms with van der Waals surface area (Å²) in [5.41, 5.74) is 0.790. The number of sulfonamides is 1. The number of nitrogens with one attached hydrogen (secondary N) is 1. The Bertz CT molecular complexity index is 1220. The van der Waals surface area contributed by atoms with Crippen LogP contribution in [0.4, 0.5) is 14.5 Å². The van der Waals surface area contributed by atoms with Crippen molar-refractivity contribution >= 4 is 21.6 Å². The monoisotopic (exact) mass is 476 g/mol. The van der Waals surface area contributed by atoms with E-state index in [0.717, 1.165) is 40.7 Å². The van der Waals surface area contributed by atoms with Crippen LogP contribution in [0.3, 0.4) is 0 Å². The molecule has 0 spiro atoms. The number of rotatable bonds is 9. The van der Waals surface area contributed by atoms with Gasteiger partial charge in [-0.3, -0.25) is 9.10 Å². The van der Waals surface area contributed by atoms with E-state index in [2.05, 4.69) is 5.32 Å². The van der Waals surface area contributed by atoms with Crippen molar-refractivity contribution in [3.63, 3.8) is 0 Å². The molecule has 0 heterocycles. The number of methoxy groups -OCH3 is 2. The smallest absolute Gasteiger partial charge is 0.264 e. The highest BCUT2D eigenvalue weighted by Gasteiger charge is 2.27. The van der Waals surface area contributed by atoms with E-state index in [1.54, 1.807) is 18.2 Å². The summed E-state index contributed by atoms with van der Waals surface area (Å²) in [7, 11) is -1.24. The molecule has 0 aliphatic rings. The van der Waals surface area contributed by atoms with Gasteiger partial charge in [0, 0.05) is 6.54 Å². The van der Waals surface area contributed by atoms with Crippen molar-refractivity contribution in [2.24, 2.45) is 0 Å². The predicted octanol–water partition coefficient (Wildman–Crippen LogP) is 3.49. The second-order valence-electron chi connectivity index (χ2n) is 6.91. The number of carbonyl (C=O) groups excluding carboxylic acids is 1. The molecule has 0 aliphatic heterocycles. The number of hydrogen-bond acceptors (Lipinski definition) is 5. The minimum atomic E-state index is -4.23. The first-order chi connectivity index (χ1) is 15.7. The number of carbonyl (C=O) groups is 1. The fourth-order valence-corrected chi connectivity index (χ4v) is 4.45. The molecule has 1 N–H and O–H groups in total. The van der Waals surface area contributed by atoms with E-state index in [4.69, 9.17) is 9.47 Å². The molecule has 0 aliphatic carbocycles. The van der Waals surface area contributed by atoms with E-state index in [1.165, 1.54) is 26.4 Å². The quantitative estimate of drug-likeness (QED) is 0.511. The predicted molar refractivity (Wildman–Crippen MR) is 119 cm³/mol. The molecule has 3 aromatic rings. The molecule has 0 saturated carbocycles. The summed E-state index contributed by atoms with van der Waals surface area (Å²) >= 11 is 0. The SMILES string of the molecule is COc1ccc(CNC(=O)CN(c2ccc(F)cc2)S(=O)(=O)c2ccc(F)cc2)cc1OC. The Morgan fingerprint density at radius 2 is 1.45 bits per heavy atom. The molecule has 0 fully saturated rings. The Morgan fingerprint density at radius 1 is 0.879 bits per heavy atom. The number of ether oxygens (including phenoxy) is 2. The van der Waals surface area contributed by atoms with Gasteiger partial charge in [0.2, 0.25) is 5.91 Å². The number of anilines is 1. The second kappa shape index (κ2) is 10.3. The van der Waals surface area contributed by atoms with Crippen LogP contribution in [0.25, 0.3) is 0 Å². The van der Waals surface area contributed by atoms with E-state index in [9.17, 15) is 22.0 Å². The summed E-state index contributed by atoms with van der Waals surface area (Å²) in [6.07, 6.45) is 0. The number of hydrogen-bond donors (Lipinski definition) is 1. The largest absolute Gasteiger partial charge is 0.493 e. The molecule has 0 unspecified atom stereocenters. The van der Waals surface area contributed by atoms with Crippen molar-refractivity contribution in [2.75, 3.05) is 25.1 Å². The first-order valence-electron chi connectivity index (χ1n) is 9.76. The van der Waals surface area contributed by atoms with Gasteiger partial charge in [-0.1, -0.05) is 6.07 Å². The molecule has 1 amide bonds. The number of nitrogens with zero attached hydrogens (tertiary/aromatic N) is 1. The molecular weight excluding hydrogens is 454 g/mol. The summed E-state index contributed by atoms with van der Waals surface area (Å²) in [5.74, 6) is -0.748. The maximum atomic E-state index is 13.4. The van der Waals surface area contributed by atoms with Crippen LogP contribution < -0.4 is 19.1 Å². The lowest BCUT2D eigenvalue weighted by atomic mass is 10.2. The average molecular weight is 477 g/mol. The standard InChI is InChI=1S/C23H22F2N2O5S/c1-31-21-12-3-16(13-22(21)32-2)14-26-23(28)15-27(19-8-4-17(24)5-9-19)33(29,30)20-10-6-18(25)7-11-20/h3-13H,14-15H2,1-2H3,(H,26,28). The first-order valence-corrected chi connectivity index (χ1v) is 11.2. The minimum absolute atomic E-state index is 0.0852. The lowest BCUT2D eigenvalue weighted by Crippen LogP contribution is -2.40. The van der Waals surface area contributed by atoms with Crippen LogP contribution in [0.2, 0.25) is 0 Å². The van der Waals surface area contributed by atoms with Crippen molar-refractivity contribution in [2.45, 2.75) is 11.4 Å². The van der Waals surface area contributed by atoms with Gasteiger partial charge in [0.25, 0.3) is 10.0 Å². The van der Waals surface area contributed by atoms with Crippen LogP contribution >= 0.6 is 0 Å². The molecule has 0 atom stereocenters. The number of halogens is 2. The molecule has 0 aromatic heterocycles. The van der Waals surface area contributed by atoms with Gasteiger partial charge in [-0.2, -0.15) is 0 Å². The number of benzene rings is 3. The van der Waals surface area contributed by atoms with Crippen molar-refractivity contribution < 1.29 is 31.5 Å². The first kappa shape index (κ1) is 24.0. The lowest BCUT2D eigenvalue weighted by Gasteiger charge is -2.24. The molecule has 7 nitrogen and oxygen atoms in total. The average Bonchev–Trinajstić information content (AvgIpc) is 2.81. The van der Waals surface area contributed by atoms with Crippen molar-refractivity contribution in [3.05, 3.63) is 83.9 Å². The summed E-state index contributed by atoms with van der Waals surface area (Å²) in [6, 6.07) is 14.0. The Labute approximate surface area is 190 Å². The summed E-state index contributed by atoms with van der Waals surface area (Å²) < 4.78 is 64.3. The van der Waals surface area contributed by atoms with Gasteiger partial charge in [-0.15, -0.1) is 0 Å². The zero-order valence-corrected chi connectivity index (χ0v) is 18.7. The maximum absolute atomic E-state index is 13.4. The Morgan fingerprint density at radius 3 is 2.03 bits per heavy atom. The highest BCUT2D eigenvalue weighted by atomic mass is 32.2. The van der Waals surface area contributed by atoms with Crippen LogP contribution in [0.15, 0.2) is 71.6 Å². The van der Waals surface area contributed by atoms with Crippen LogP contribution in [-0.2, 0) is 21.4 Å². The van der Waals surface area contributed by atoms with Gasteiger partial charge >= 0.3 is 0 Å². The molecule has 0 bridgehead atoms. The summed E-state index contributed by atoms with van der Waals surface area (Å²) in [6.45, 7) is -0.467. The normalized spacial score (nSPS) is 11.0. The van der Waals surface area contributed by atoms with Crippen LogP contribution in [-0.4, -0.2) is 35.1 Å². The molecule has 3 rings (SSSR count). The van der Waals surface area contributed by atoms with Crippen LogP contribution in [0.1, 0.15) is 5.56 Å². The van der Waals surface area contributed by atoms with Gasteiger partial charge in [0.15, 0.2) is 11.5 Å². The van der Waals surface area contributed by atoms with Gasteiger partial charge in [0.05, 0.1) is 24.8 Å². The summed E-state index contributed by atoms with van der Waals surface area (Å²) in [4.78, 5) is 12.5. The Kier molecular flexibility index (Phi) is 7.49. The zero-order chi connectivity index (χ0) is 24.0. The Hall–Kier alpha value is -3.66. The highest BCUT2D eigenvalue weighted by Crippen LogP contribution is 2.27. The number of amides is 1. The lowest BCUT2D eigenvalue weighted by molar-refractivity contribution is -0.119. The molecular formula is C23H22F2N2O5S. The van der Waals surface area contributed by atoms with Gasteiger partial charge in [0.1, 0.15) is 18.2 Å². The Balaban J connectivity index is 1.82. The van der Waals surface area contributed by atoms with Crippen molar-refractivity contribution in [1.29, 1.82) is 0 Å². The van der Waals surface area contributed by atoms with E-state index in [0.29, 0.717) is 17.1 Å². The molecule has 10 heteroatoms. The summed E-state index contributed by atoms with van der Waals surface area (Å²) in [5, 5.41) is 2.66. The minimum Gasteiger partial charge on any atom is -0.493 e. The van der Waals surface area contributed by atoms with E-state index in [1.807, 2.05) is 0 Å². The van der Waals surface area contributed by atoms with E-state index < -0.39 is 34.1 Å². The highest BCUT2D eigenvalue weighted by molar-refractivity contribution is 7.92. The van der Waals surface area contributed by atoms with Gasteiger partial charge < -0.3 is 14.8 Å². The fraction of sp³-hybridized carbons (Fsp3) is 0.174. The molecule has 33 heavy (non-hydrogen) atoms. The van der Waals surface area contributed by atoms with Gasteiger partial charge in [-0.25, -0.2) is 17.2 Å². The van der Waals surface area contributed by atoms with Crippen molar-refractivity contribution in [3.8, 4) is 11.5 Å².